The normalized spacial score (nSPS) is 13.9. The predicted molar refractivity (Wildman–Crippen MR) is 51.7 cm³/mol. The van der Waals surface area contributed by atoms with E-state index in [-0.39, 0.29) is 18.9 Å². The van der Waals surface area contributed by atoms with E-state index in [1.54, 1.807) is 0 Å². The third-order valence-electron chi connectivity index (χ3n) is 1.69. The zero-order valence-electron chi connectivity index (χ0n) is 7.87. The third kappa shape index (κ3) is 4.76. The Balaban J connectivity index is 4.36. The summed E-state index contributed by atoms with van der Waals surface area (Å²) in [4.78, 5) is 23.7. The topological polar surface area (TPSA) is 171 Å². The lowest BCUT2D eigenvalue weighted by atomic mass is 10.1. The van der Waals surface area contributed by atoms with Gasteiger partial charge in [0.25, 0.3) is 0 Å². The van der Waals surface area contributed by atoms with Crippen molar-refractivity contribution in [2.24, 2.45) is 22.2 Å². The van der Waals surface area contributed by atoms with E-state index in [0.29, 0.717) is 0 Å². The minimum absolute atomic E-state index is 0.0328. The average molecular weight is 219 g/mol. The maximum Gasteiger partial charge on any atom is 0.327 e. The summed E-state index contributed by atoms with van der Waals surface area (Å²) in [5.74, 6) is -1.64. The van der Waals surface area contributed by atoms with Gasteiger partial charge in [-0.15, -0.1) is 0 Å². The van der Waals surface area contributed by atoms with E-state index in [1.807, 2.05) is 0 Å². The molecule has 0 amide bonds. The lowest BCUT2D eigenvalue weighted by Crippen LogP contribution is -2.46. The molecule has 86 valence electrons. The van der Waals surface area contributed by atoms with Gasteiger partial charge in [0.15, 0.2) is 12.0 Å². The minimum atomic E-state index is -1.56. The molecule has 0 saturated heterocycles. The van der Waals surface area contributed by atoms with E-state index in [0.717, 1.165) is 0 Å². The molecule has 1 unspecified atom stereocenters. The van der Waals surface area contributed by atoms with Crippen LogP contribution in [0.4, 0.5) is 0 Å². The van der Waals surface area contributed by atoms with Gasteiger partial charge in [-0.3, -0.25) is 19.9 Å². The molecule has 2 atom stereocenters. The molecule has 0 rings (SSSR count). The number of aliphatic imine (C=N–C) groups is 1. The first kappa shape index (κ1) is 13.1. The molecule has 9 heteroatoms. The molecule has 0 saturated carbocycles. The zero-order valence-corrected chi connectivity index (χ0v) is 7.87. The number of nitrogens with two attached hydrogens (primary N) is 3. The van der Waals surface area contributed by atoms with Gasteiger partial charge in [-0.1, -0.05) is 0 Å². The zero-order chi connectivity index (χ0) is 12.0. The largest absolute Gasteiger partial charge is 0.480 e. The Kier molecular flexibility index (Phi) is 5.02. The Morgan fingerprint density at radius 2 is 2.07 bits per heavy atom. The average Bonchev–Trinajstić information content (AvgIpc) is 2.10. The first-order valence-corrected chi connectivity index (χ1v) is 4.03. The molecule has 0 heterocycles. The van der Waals surface area contributed by atoms with Crippen LogP contribution >= 0.6 is 0 Å². The van der Waals surface area contributed by atoms with Crippen LogP contribution in [0.25, 0.3) is 0 Å². The molecule has 9 nitrogen and oxygen atoms in total. The van der Waals surface area contributed by atoms with Crippen molar-refractivity contribution in [3.63, 3.8) is 0 Å². The molecule has 0 radical (unpaired) electrons. The Morgan fingerprint density at radius 3 is 2.40 bits per heavy atom. The van der Waals surface area contributed by atoms with Crippen LogP contribution in [0.15, 0.2) is 4.99 Å². The number of aliphatic carboxylic acids is 1. The van der Waals surface area contributed by atoms with Crippen molar-refractivity contribution in [2.45, 2.75) is 18.5 Å². The van der Waals surface area contributed by atoms with Crippen LogP contribution in [0.2, 0.25) is 0 Å². The molecule has 0 bridgehead atoms. The number of guanidine groups is 1. The molecule has 0 aliphatic heterocycles. The van der Waals surface area contributed by atoms with Crippen molar-refractivity contribution >= 4 is 11.9 Å². The summed E-state index contributed by atoms with van der Waals surface area (Å²) in [6.07, 6.45) is -0.127. The second-order valence-corrected chi connectivity index (χ2v) is 2.81. The van der Waals surface area contributed by atoms with Crippen molar-refractivity contribution < 1.29 is 14.8 Å². The van der Waals surface area contributed by atoms with Gasteiger partial charge in [-0.25, -0.2) is 0 Å². The van der Waals surface area contributed by atoms with Crippen LogP contribution in [0, 0.1) is 10.1 Å². The lowest BCUT2D eigenvalue weighted by Gasteiger charge is -2.11. The van der Waals surface area contributed by atoms with Crippen LogP contribution < -0.4 is 17.2 Å². The van der Waals surface area contributed by atoms with Crippen molar-refractivity contribution in [1.29, 1.82) is 0 Å². The fraction of sp³-hybridized carbons (Fsp3) is 0.667. The number of hydrogen-bond donors (Lipinski definition) is 4. The minimum Gasteiger partial charge on any atom is -0.480 e. The molecule has 0 aromatic carbocycles. The Hall–Kier alpha value is -1.90. The highest BCUT2D eigenvalue weighted by molar-refractivity contribution is 5.75. The van der Waals surface area contributed by atoms with E-state index in [1.165, 1.54) is 0 Å². The van der Waals surface area contributed by atoms with E-state index in [4.69, 9.17) is 22.3 Å². The van der Waals surface area contributed by atoms with Crippen LogP contribution in [-0.4, -0.2) is 40.6 Å². The van der Waals surface area contributed by atoms with Crippen molar-refractivity contribution in [3.8, 4) is 0 Å². The van der Waals surface area contributed by atoms with Gasteiger partial charge in [-0.2, -0.15) is 0 Å². The monoisotopic (exact) mass is 219 g/mol. The molecule has 15 heavy (non-hydrogen) atoms. The SMILES string of the molecule is NC(N)=NCCC([C@H](N)C(=O)O)[N+](=O)[O-]. The number of hydrogen-bond acceptors (Lipinski definition) is 5. The van der Waals surface area contributed by atoms with Gasteiger partial charge < -0.3 is 22.3 Å². The summed E-state index contributed by atoms with van der Waals surface area (Å²) in [6, 6.07) is -2.96. The van der Waals surface area contributed by atoms with E-state index >= 15 is 0 Å². The number of carboxylic acids is 1. The van der Waals surface area contributed by atoms with Crippen molar-refractivity contribution in [1.82, 2.24) is 0 Å². The summed E-state index contributed by atoms with van der Waals surface area (Å²) in [5, 5.41) is 19.0. The van der Waals surface area contributed by atoms with Gasteiger partial charge in [0.2, 0.25) is 6.04 Å². The Bertz CT molecular complexity index is 275. The fourth-order valence-corrected chi connectivity index (χ4v) is 0.907. The first-order chi connectivity index (χ1) is 6.86. The standard InChI is InChI=1S/C6H13N5O4/c7-4(5(12)13)3(11(14)15)1-2-10-6(8)9/h3-4H,1-2,7H2,(H,12,13)(H4,8,9,10)/t3?,4-/m0/s1. The summed E-state index contributed by atoms with van der Waals surface area (Å²) >= 11 is 0. The molecule has 7 N–H and O–H groups in total. The van der Waals surface area contributed by atoms with Gasteiger partial charge in [0, 0.05) is 17.9 Å². The molecule has 0 spiro atoms. The fourth-order valence-electron chi connectivity index (χ4n) is 0.907. The molecule has 0 aliphatic rings. The van der Waals surface area contributed by atoms with Gasteiger partial charge in [0.1, 0.15) is 0 Å². The predicted octanol–water partition coefficient (Wildman–Crippen LogP) is -2.29. The number of carboxylic acid groups (broad SMARTS) is 1. The molecule has 0 aromatic heterocycles. The highest BCUT2D eigenvalue weighted by Crippen LogP contribution is 2.02. The quantitative estimate of drug-likeness (QED) is 0.168. The second kappa shape index (κ2) is 5.75. The van der Waals surface area contributed by atoms with E-state index < -0.39 is 23.0 Å². The number of carbonyl (C=O) groups is 1. The molecule has 0 fully saturated rings. The maximum absolute atomic E-state index is 10.5. The van der Waals surface area contributed by atoms with Crippen LogP contribution in [0.5, 0.6) is 0 Å². The summed E-state index contributed by atoms with van der Waals surface area (Å²) in [6.45, 7) is -0.0328. The molecule has 0 aromatic rings. The Labute approximate surface area is 85.1 Å². The van der Waals surface area contributed by atoms with E-state index in [9.17, 15) is 14.9 Å². The van der Waals surface area contributed by atoms with E-state index in [2.05, 4.69) is 4.99 Å². The van der Waals surface area contributed by atoms with Gasteiger partial charge in [-0.05, 0) is 0 Å². The lowest BCUT2D eigenvalue weighted by molar-refractivity contribution is -0.524. The van der Waals surface area contributed by atoms with Crippen LogP contribution in [0.1, 0.15) is 6.42 Å². The maximum atomic E-state index is 10.5. The third-order valence-corrected chi connectivity index (χ3v) is 1.69. The highest BCUT2D eigenvalue weighted by Gasteiger charge is 2.33. The van der Waals surface area contributed by atoms with Crippen LogP contribution in [0.3, 0.4) is 0 Å². The van der Waals surface area contributed by atoms with Gasteiger partial charge in [0.05, 0.1) is 0 Å². The van der Waals surface area contributed by atoms with Crippen molar-refractivity contribution in [2.75, 3.05) is 6.54 Å². The number of nitro groups is 1. The highest BCUT2D eigenvalue weighted by atomic mass is 16.6. The van der Waals surface area contributed by atoms with Gasteiger partial charge >= 0.3 is 5.97 Å². The first-order valence-electron chi connectivity index (χ1n) is 4.03. The smallest absolute Gasteiger partial charge is 0.327 e. The van der Waals surface area contributed by atoms with Crippen molar-refractivity contribution in [3.05, 3.63) is 10.1 Å². The molecular formula is C6H13N5O4. The second-order valence-electron chi connectivity index (χ2n) is 2.81. The summed E-state index contributed by atoms with van der Waals surface area (Å²) < 4.78 is 0. The molecular weight excluding hydrogens is 206 g/mol. The number of rotatable bonds is 6. The summed E-state index contributed by atoms with van der Waals surface area (Å²) in [5.41, 5.74) is 15.1. The number of nitrogens with zero attached hydrogens (tertiary/aromatic N) is 2. The Morgan fingerprint density at radius 1 is 1.53 bits per heavy atom. The summed E-state index contributed by atoms with van der Waals surface area (Å²) in [7, 11) is 0. The van der Waals surface area contributed by atoms with Crippen LogP contribution in [-0.2, 0) is 4.79 Å². The molecule has 0 aliphatic carbocycles.